The van der Waals surface area contributed by atoms with Crippen molar-refractivity contribution in [2.75, 3.05) is 0 Å². The van der Waals surface area contributed by atoms with E-state index >= 15 is 0 Å². The van der Waals surface area contributed by atoms with Gasteiger partial charge in [0, 0.05) is 187 Å². The smallest absolute Gasteiger partial charge is 0.216 e. The van der Waals surface area contributed by atoms with Gasteiger partial charge in [-0.25, -0.2) is 19.9 Å². The number of aromatic nitrogens is 12. The van der Waals surface area contributed by atoms with E-state index in [9.17, 15) is 0 Å². The van der Waals surface area contributed by atoms with Crippen LogP contribution < -0.4 is 0 Å². The van der Waals surface area contributed by atoms with E-state index in [1.807, 2.05) is 273 Å². The molecule has 0 N–H and O–H groups in total. The molecule has 0 fully saturated rings. The average molecular weight is 2570 g/mol. The van der Waals surface area contributed by atoms with Crippen LogP contribution in [0.2, 0.25) is 0 Å². The Hall–Kier alpha value is -14.6. The third kappa shape index (κ3) is 25.8. The van der Waals surface area contributed by atoms with Crippen LogP contribution in [-0.2, 0) is 80.4 Å². The van der Waals surface area contributed by atoms with Crippen molar-refractivity contribution in [3.05, 3.63) is 457 Å². The zero-order valence-corrected chi connectivity index (χ0v) is 88.3. The molecule has 16 nitrogen and oxygen atoms in total. The molecule has 0 spiro atoms. The summed E-state index contributed by atoms with van der Waals surface area (Å²) in [6, 6.07) is 117. The predicted molar refractivity (Wildman–Crippen MR) is 555 cm³/mol. The summed E-state index contributed by atoms with van der Waals surface area (Å²) >= 11 is 0. The Bertz CT molecular complexity index is 8470. The number of rotatable bonds is 9. The Balaban J connectivity index is 0.000000144. The molecule has 142 heavy (non-hydrogen) atoms. The topological polar surface area (TPSA) is 207 Å². The Kier molecular flexibility index (Phi) is 32.2. The molecule has 0 aliphatic heterocycles. The van der Waals surface area contributed by atoms with Crippen molar-refractivity contribution < 1.29 is 110 Å². The van der Waals surface area contributed by atoms with Gasteiger partial charge in [-0.05, 0) is 221 Å². The Labute approximate surface area is 893 Å². The molecule has 24 aromatic rings. The molecule has 16 heterocycles. The largest absolute Gasteiger partial charge is 0.486 e. The van der Waals surface area contributed by atoms with Gasteiger partial charge in [0.15, 0.2) is 0 Å². The molecule has 0 amide bonds. The van der Waals surface area contributed by atoms with Gasteiger partial charge in [-0.3, -0.25) is 0 Å². The summed E-state index contributed by atoms with van der Waals surface area (Å²) in [7, 11) is 0. The molecule has 0 saturated heterocycles. The van der Waals surface area contributed by atoms with Crippen LogP contribution in [0.15, 0.2) is 358 Å². The van der Waals surface area contributed by atoms with Gasteiger partial charge in [-0.15, -0.1) is 216 Å². The zero-order chi connectivity index (χ0) is 103. The molecule has 16 aromatic heterocycles. The molecule has 0 unspecified atom stereocenters. The number of furan rings is 4. The summed E-state index contributed by atoms with van der Waals surface area (Å²) in [5, 5.41) is 8.10. The van der Waals surface area contributed by atoms with Gasteiger partial charge < -0.3 is 57.5 Å². The minimum absolute atomic E-state index is 0. The molecule has 8 aromatic carbocycles. The molecular weight excluding hydrogens is 2470 g/mol. The molecular formula is C122H96Ir4N12O4-8. The zero-order valence-electron chi connectivity index (χ0n) is 87.7. The van der Waals surface area contributed by atoms with Crippen LogP contribution in [-0.4, -0.2) is 59.8 Å². The molecule has 0 aliphatic rings. The standard InChI is InChI=1S/C20H17N2O.C19H15N2O.C18H13N2O.C17H11N2O.4C12H10N.4Ir/c1-12(2)14-8-10-18(21-11-14)17-6-4-5-15-16-9-7-13(3)22-20(16)23-19(15)17;1-11-9-17(20-10-12(11)2)16-6-4-5-14-15-8-7-13(3)21-19(15)22-18(14)16;1-11-6-9-16(19-10-11)15-5-3-4-13-14-8-7-12(2)20-18(14)21-17(13)15;1-11-8-9-13-12-5-4-6-14(15-7-2-3-10-18-15)16(12)20-17(13)19-11;4*1-10-7-8-12(13-9-10)11-5-3-2-4-6-11;;;;/h4-5,7-12H,1-3H3;4-5,7-10H,1-3H3;3-4,6-10H,1-2H3;2-5,7-10H,1H3;4*2-5,7-9H,1H3;;;;/q8*-1;;;;/i;;1D3;;2*1D3;;;;;;. The molecule has 0 bridgehead atoms. The maximum atomic E-state index is 7.43. The van der Waals surface area contributed by atoms with Gasteiger partial charge >= 0.3 is 0 Å². The second-order valence-electron chi connectivity index (χ2n) is 32.9. The molecule has 24 rings (SSSR count). The van der Waals surface area contributed by atoms with E-state index in [0.29, 0.717) is 45.6 Å². The fraction of sp³-hybridized carbons (Fsp3) is 0.115. The quantitative estimate of drug-likeness (QED) is 0.123. The molecule has 712 valence electrons. The van der Waals surface area contributed by atoms with E-state index in [2.05, 4.69) is 172 Å². The van der Waals surface area contributed by atoms with E-state index in [4.69, 9.17) is 30.0 Å². The number of nitrogens with zero attached hydrogens (tertiary/aromatic N) is 12. The van der Waals surface area contributed by atoms with Crippen LogP contribution in [0.5, 0.6) is 0 Å². The van der Waals surface area contributed by atoms with Crippen LogP contribution in [0.25, 0.3) is 178 Å². The average Bonchev–Trinajstić information content (AvgIpc) is 1.63. The monoisotopic (exact) mass is 2570 g/mol. The normalized spacial score (nSPS) is 11.8. The van der Waals surface area contributed by atoms with E-state index in [1.54, 1.807) is 54.7 Å². The van der Waals surface area contributed by atoms with Gasteiger partial charge in [0.1, 0.15) is 0 Å². The van der Waals surface area contributed by atoms with Crippen molar-refractivity contribution in [3.8, 4) is 90.1 Å². The van der Waals surface area contributed by atoms with Gasteiger partial charge in [0.25, 0.3) is 0 Å². The van der Waals surface area contributed by atoms with Gasteiger partial charge in [-0.1, -0.05) is 154 Å². The first-order valence-corrected chi connectivity index (χ1v) is 44.7. The third-order valence-corrected chi connectivity index (χ3v) is 22.3. The second-order valence-corrected chi connectivity index (χ2v) is 32.9. The molecule has 0 aliphatic carbocycles. The first kappa shape index (κ1) is 92.4. The maximum absolute atomic E-state index is 7.43. The SMILES string of the molecule is Cc1ccc(-c2[c-]cccc2)nc1.Cc1ccc(-c2[c-]cccc2)nc1.Cc1ccc2c(n1)oc1c(-c3cc(C)c(C)cn3)[c-]ccc12.Cc1ccc2c(n1)oc1c(-c3ccc(C(C)C)cn3)[c-]ccc12.Cc1ccc2c(n1)oc1c(-c3ccccn3)[c-]ccc12.[2H]C([2H])([2H])c1ccc(-c2[c-]ccc3c2oc2nc(C)ccc23)nc1.[2H]C([2H])([2H])c1ccc(-c2[c-]cccc2)nc1.[2H]C([2H])([2H])c1ccc(-c2[c-]cccc2)nc1.[Ir].[Ir].[Ir].[Ir]. The van der Waals surface area contributed by atoms with Crippen molar-refractivity contribution in [1.82, 2.24) is 59.8 Å². The predicted octanol–water partition coefficient (Wildman–Crippen LogP) is 30.1. The maximum Gasteiger partial charge on any atom is 0.216 e. The van der Waals surface area contributed by atoms with Crippen LogP contribution in [0.4, 0.5) is 0 Å². The molecule has 0 atom stereocenters. The fourth-order valence-corrected chi connectivity index (χ4v) is 14.9. The number of aryl methyl sites for hydroxylation is 11. The summed E-state index contributed by atoms with van der Waals surface area (Å²) in [6.07, 6.45) is 13.5. The Morgan fingerprint density at radius 2 is 0.528 bits per heavy atom. The number of hydrogen-bond donors (Lipinski definition) is 0. The molecule has 4 radical (unpaired) electrons. The first-order chi connectivity index (χ1) is 70.9. The molecule has 20 heteroatoms. The number of pyridine rings is 12. The number of fused-ring (bicyclic) bond motifs is 12. The summed E-state index contributed by atoms with van der Waals surface area (Å²) < 4.78 is 89.6. The number of hydrogen-bond acceptors (Lipinski definition) is 16. The number of benzene rings is 8. The first-order valence-electron chi connectivity index (χ1n) is 49.2. The summed E-state index contributed by atoms with van der Waals surface area (Å²) in [5.74, 6) is 0.467. The second kappa shape index (κ2) is 49.5. The van der Waals surface area contributed by atoms with Gasteiger partial charge in [-0.2, -0.15) is 0 Å². The van der Waals surface area contributed by atoms with Gasteiger partial charge in [0.2, 0.25) is 22.9 Å². The van der Waals surface area contributed by atoms with E-state index in [1.165, 1.54) is 46.4 Å². The minimum atomic E-state index is -2.16. The third-order valence-electron chi connectivity index (χ3n) is 22.3. The van der Waals surface area contributed by atoms with Crippen molar-refractivity contribution in [2.45, 2.75) is 95.7 Å². The van der Waals surface area contributed by atoms with E-state index in [0.717, 1.165) is 161 Å². The van der Waals surface area contributed by atoms with Crippen LogP contribution in [0.1, 0.15) is 99.4 Å². The Morgan fingerprint density at radius 3 is 0.796 bits per heavy atom. The van der Waals surface area contributed by atoms with Crippen molar-refractivity contribution >= 4 is 88.3 Å². The summed E-state index contributed by atoms with van der Waals surface area (Å²) in [6.45, 7) is 14.0. The fourth-order valence-electron chi connectivity index (χ4n) is 14.9. The van der Waals surface area contributed by atoms with Crippen LogP contribution in [0.3, 0.4) is 0 Å². The summed E-state index contributed by atoms with van der Waals surface area (Å²) in [5.41, 5.74) is 29.8. The molecule has 0 saturated carbocycles. The van der Waals surface area contributed by atoms with Crippen LogP contribution in [0, 0.1) is 124 Å². The van der Waals surface area contributed by atoms with Crippen molar-refractivity contribution in [1.29, 1.82) is 0 Å². The summed E-state index contributed by atoms with van der Waals surface area (Å²) in [4.78, 5) is 52.5. The van der Waals surface area contributed by atoms with E-state index < -0.39 is 20.6 Å². The minimum Gasteiger partial charge on any atom is -0.486 e. The van der Waals surface area contributed by atoms with Gasteiger partial charge in [0.05, 0.1) is 22.3 Å². The van der Waals surface area contributed by atoms with Crippen molar-refractivity contribution in [2.24, 2.45) is 0 Å². The van der Waals surface area contributed by atoms with Crippen molar-refractivity contribution in [3.63, 3.8) is 0 Å². The van der Waals surface area contributed by atoms with Crippen LogP contribution >= 0.6 is 0 Å². The van der Waals surface area contributed by atoms with E-state index in [-0.39, 0.29) is 97.1 Å². The Morgan fingerprint density at radius 1 is 0.239 bits per heavy atom.